The summed E-state index contributed by atoms with van der Waals surface area (Å²) < 4.78 is 19.8. The van der Waals surface area contributed by atoms with Gasteiger partial charge in [-0.1, -0.05) is 61.2 Å². The summed E-state index contributed by atoms with van der Waals surface area (Å²) in [5, 5.41) is 9.48. The Kier molecular flexibility index (Phi) is 5.79. The molecule has 0 aromatic heterocycles. The number of carbonyl (C=O) groups is 1. The van der Waals surface area contributed by atoms with E-state index in [1.54, 1.807) is 24.3 Å². The van der Waals surface area contributed by atoms with Gasteiger partial charge >= 0.3 is 5.97 Å². The van der Waals surface area contributed by atoms with E-state index in [4.69, 9.17) is 4.74 Å². The highest BCUT2D eigenvalue weighted by Gasteiger charge is 2.11. The smallest absolute Gasteiger partial charge is 0.330 e. The molecule has 0 aliphatic rings. The molecule has 0 fully saturated rings. The van der Waals surface area contributed by atoms with Crippen LogP contribution in [0.3, 0.4) is 0 Å². The number of aliphatic hydroxyl groups is 1. The first-order chi connectivity index (χ1) is 13.1. The Balaban J connectivity index is 1.93. The summed E-state index contributed by atoms with van der Waals surface area (Å²) in [7, 11) is 0. The van der Waals surface area contributed by atoms with Crippen molar-refractivity contribution >= 4 is 5.97 Å². The van der Waals surface area contributed by atoms with E-state index < -0.39 is 5.97 Å². The molecule has 0 spiro atoms. The molecule has 3 aromatic carbocycles. The summed E-state index contributed by atoms with van der Waals surface area (Å²) in [6.45, 7) is 3.14. The molecule has 3 nitrogen and oxygen atoms in total. The minimum Gasteiger partial charge on any atom is -0.458 e. The molecular formula is C23H19FO3. The second kappa shape index (κ2) is 8.43. The topological polar surface area (TPSA) is 46.5 Å². The third-order valence-electron chi connectivity index (χ3n) is 4.30. The molecule has 0 unspecified atom stereocenters. The highest BCUT2D eigenvalue weighted by atomic mass is 19.1. The van der Waals surface area contributed by atoms with Gasteiger partial charge < -0.3 is 9.84 Å². The van der Waals surface area contributed by atoms with Gasteiger partial charge in [-0.05, 0) is 39.9 Å². The van der Waals surface area contributed by atoms with Crippen molar-refractivity contribution in [2.75, 3.05) is 0 Å². The lowest BCUT2D eigenvalue weighted by atomic mass is 9.97. The Bertz CT molecular complexity index is 965. The van der Waals surface area contributed by atoms with Gasteiger partial charge in [0.15, 0.2) is 0 Å². The van der Waals surface area contributed by atoms with E-state index in [2.05, 4.69) is 6.58 Å². The van der Waals surface area contributed by atoms with E-state index in [1.807, 2.05) is 36.4 Å². The van der Waals surface area contributed by atoms with E-state index in [-0.39, 0.29) is 19.0 Å². The second-order valence-corrected chi connectivity index (χ2v) is 6.01. The number of rotatable bonds is 6. The van der Waals surface area contributed by atoms with Crippen molar-refractivity contribution < 1.29 is 19.0 Å². The normalized spacial score (nSPS) is 10.4. The summed E-state index contributed by atoms with van der Waals surface area (Å²) in [6, 6.07) is 19.9. The largest absolute Gasteiger partial charge is 0.458 e. The van der Waals surface area contributed by atoms with Crippen molar-refractivity contribution in [2.45, 2.75) is 13.2 Å². The summed E-state index contributed by atoms with van der Waals surface area (Å²) in [5.41, 5.74) is 4.07. The average Bonchev–Trinajstić information content (AvgIpc) is 2.72. The van der Waals surface area contributed by atoms with Crippen molar-refractivity contribution in [3.8, 4) is 22.3 Å². The molecule has 0 bridgehead atoms. The lowest BCUT2D eigenvalue weighted by Crippen LogP contribution is -2.03. The van der Waals surface area contributed by atoms with Gasteiger partial charge in [0.25, 0.3) is 0 Å². The van der Waals surface area contributed by atoms with Crippen LogP contribution in [-0.2, 0) is 22.7 Å². The van der Waals surface area contributed by atoms with Crippen LogP contribution in [0.2, 0.25) is 0 Å². The molecule has 0 amide bonds. The predicted octanol–water partition coefficient (Wildman–Crippen LogP) is 4.88. The van der Waals surface area contributed by atoms with Crippen molar-refractivity contribution in [2.24, 2.45) is 0 Å². The van der Waals surface area contributed by atoms with Gasteiger partial charge in [0, 0.05) is 11.6 Å². The minimum absolute atomic E-state index is 0.0156. The van der Waals surface area contributed by atoms with E-state index >= 15 is 0 Å². The molecule has 136 valence electrons. The van der Waals surface area contributed by atoms with Crippen LogP contribution in [0.25, 0.3) is 22.3 Å². The first kappa shape index (κ1) is 18.5. The van der Waals surface area contributed by atoms with E-state index in [0.717, 1.165) is 17.2 Å². The molecule has 0 saturated heterocycles. The van der Waals surface area contributed by atoms with Crippen LogP contribution < -0.4 is 0 Å². The molecule has 3 aromatic rings. The number of carbonyl (C=O) groups excluding carboxylic acids is 1. The quantitative estimate of drug-likeness (QED) is 0.502. The van der Waals surface area contributed by atoms with Gasteiger partial charge in [-0.3, -0.25) is 0 Å². The molecular weight excluding hydrogens is 343 g/mol. The molecule has 0 aliphatic heterocycles. The van der Waals surface area contributed by atoms with Crippen molar-refractivity contribution in [3.63, 3.8) is 0 Å². The average molecular weight is 362 g/mol. The maximum absolute atomic E-state index is 14.8. The Hall–Kier alpha value is -3.24. The summed E-state index contributed by atoms with van der Waals surface area (Å²) in [4.78, 5) is 11.3. The van der Waals surface area contributed by atoms with E-state index in [1.165, 1.54) is 6.07 Å². The molecule has 0 atom stereocenters. The van der Waals surface area contributed by atoms with Crippen LogP contribution >= 0.6 is 0 Å². The molecule has 3 rings (SSSR count). The van der Waals surface area contributed by atoms with Crippen molar-refractivity contribution in [1.29, 1.82) is 0 Å². The fourth-order valence-corrected chi connectivity index (χ4v) is 2.85. The minimum atomic E-state index is -0.553. The molecule has 4 heteroatoms. The lowest BCUT2D eigenvalue weighted by molar-refractivity contribution is -0.139. The molecule has 0 saturated carbocycles. The number of hydrogen-bond donors (Lipinski definition) is 1. The fourth-order valence-electron chi connectivity index (χ4n) is 2.85. The third-order valence-corrected chi connectivity index (χ3v) is 4.30. The van der Waals surface area contributed by atoms with Crippen LogP contribution in [0.5, 0.6) is 0 Å². The number of hydrogen-bond acceptors (Lipinski definition) is 3. The van der Waals surface area contributed by atoms with Crippen LogP contribution in [0.1, 0.15) is 11.1 Å². The first-order valence-electron chi connectivity index (χ1n) is 8.49. The Labute approximate surface area is 157 Å². The van der Waals surface area contributed by atoms with Crippen LogP contribution in [0, 0.1) is 5.82 Å². The summed E-state index contributed by atoms with van der Waals surface area (Å²) in [5.74, 6) is -0.898. The predicted molar refractivity (Wildman–Crippen MR) is 103 cm³/mol. The SMILES string of the molecule is C=CC(=O)OCc1cc(-c2ccc(-c3ccccc3)cc2F)ccc1CO. The van der Waals surface area contributed by atoms with Crippen molar-refractivity contribution in [3.05, 3.63) is 96.3 Å². The molecule has 1 N–H and O–H groups in total. The Morgan fingerprint density at radius 1 is 0.963 bits per heavy atom. The van der Waals surface area contributed by atoms with Gasteiger partial charge in [-0.2, -0.15) is 0 Å². The maximum atomic E-state index is 14.8. The second-order valence-electron chi connectivity index (χ2n) is 6.01. The fraction of sp³-hybridized carbons (Fsp3) is 0.0870. The summed E-state index contributed by atoms with van der Waals surface area (Å²) >= 11 is 0. The Morgan fingerprint density at radius 2 is 1.70 bits per heavy atom. The number of esters is 1. The van der Waals surface area contributed by atoms with Crippen molar-refractivity contribution in [1.82, 2.24) is 0 Å². The van der Waals surface area contributed by atoms with E-state index in [9.17, 15) is 14.3 Å². The summed E-state index contributed by atoms with van der Waals surface area (Å²) in [6.07, 6.45) is 1.07. The third kappa shape index (κ3) is 4.30. The molecule has 27 heavy (non-hydrogen) atoms. The number of benzene rings is 3. The number of aliphatic hydroxyl groups excluding tert-OH is 1. The van der Waals surface area contributed by atoms with Gasteiger partial charge in [0.05, 0.1) is 6.61 Å². The standard InChI is InChI=1S/C23H19FO3/c1-2-23(26)27-15-20-12-18(8-9-19(20)14-25)21-11-10-17(13-22(21)24)16-6-4-3-5-7-16/h2-13,25H,1,14-15H2. The zero-order chi connectivity index (χ0) is 19.2. The maximum Gasteiger partial charge on any atom is 0.330 e. The molecule has 0 radical (unpaired) electrons. The number of ether oxygens (including phenoxy) is 1. The monoisotopic (exact) mass is 362 g/mol. The molecule has 0 heterocycles. The van der Waals surface area contributed by atoms with Gasteiger partial charge in [-0.25, -0.2) is 9.18 Å². The Morgan fingerprint density at radius 3 is 2.37 bits per heavy atom. The van der Waals surface area contributed by atoms with Gasteiger partial charge in [0.1, 0.15) is 12.4 Å². The lowest BCUT2D eigenvalue weighted by Gasteiger charge is -2.12. The number of halogens is 1. The van der Waals surface area contributed by atoms with Crippen LogP contribution in [-0.4, -0.2) is 11.1 Å². The molecule has 0 aliphatic carbocycles. The van der Waals surface area contributed by atoms with E-state index in [0.29, 0.717) is 22.3 Å². The highest BCUT2D eigenvalue weighted by Crippen LogP contribution is 2.29. The zero-order valence-electron chi connectivity index (χ0n) is 14.7. The van der Waals surface area contributed by atoms with Gasteiger partial charge in [0.2, 0.25) is 0 Å². The van der Waals surface area contributed by atoms with Crippen LogP contribution in [0.15, 0.2) is 79.4 Å². The van der Waals surface area contributed by atoms with Gasteiger partial charge in [-0.15, -0.1) is 0 Å². The van der Waals surface area contributed by atoms with Crippen LogP contribution in [0.4, 0.5) is 4.39 Å². The first-order valence-corrected chi connectivity index (χ1v) is 8.49. The highest BCUT2D eigenvalue weighted by molar-refractivity contribution is 5.81. The zero-order valence-corrected chi connectivity index (χ0v) is 14.7.